The number of hydrogen-bond acceptors (Lipinski definition) is 2. The summed E-state index contributed by atoms with van der Waals surface area (Å²) in [5.74, 6) is 0.359. The van der Waals surface area contributed by atoms with E-state index in [-0.39, 0.29) is 6.61 Å². The summed E-state index contributed by atoms with van der Waals surface area (Å²) in [4.78, 5) is 11.6. The van der Waals surface area contributed by atoms with E-state index < -0.39 is 0 Å². The van der Waals surface area contributed by atoms with Crippen LogP contribution in [0.1, 0.15) is 44.1 Å². The molecule has 0 spiro atoms. The highest BCUT2D eigenvalue weighted by Gasteiger charge is 2.02. The highest BCUT2D eigenvalue weighted by molar-refractivity contribution is 5.78. The number of Topliss-reactive ketones (excluding diaryl/α,β-unsaturated/α-hetero) is 1. The lowest BCUT2D eigenvalue weighted by Crippen LogP contribution is -2.00. The van der Waals surface area contributed by atoms with Crippen LogP contribution in [0.2, 0.25) is 0 Å². The first-order chi connectivity index (χ1) is 8.33. The van der Waals surface area contributed by atoms with Gasteiger partial charge in [0.1, 0.15) is 5.78 Å². The van der Waals surface area contributed by atoms with Gasteiger partial charge in [0.05, 0.1) is 0 Å². The monoisotopic (exact) mass is 234 g/mol. The molecule has 0 aliphatic heterocycles. The lowest BCUT2D eigenvalue weighted by Gasteiger charge is -2.02. The standard InChI is InChI=1S/C15H22O2/c16-13-7-2-1-6-10-15(17)12-11-14-8-4-3-5-9-14/h3-5,8-9,16H,1-2,6-7,10-13H2. The van der Waals surface area contributed by atoms with Crippen LogP contribution in [0.5, 0.6) is 0 Å². The Balaban J connectivity index is 2.05. The van der Waals surface area contributed by atoms with Crippen LogP contribution < -0.4 is 0 Å². The van der Waals surface area contributed by atoms with Crippen LogP contribution in [-0.4, -0.2) is 17.5 Å². The van der Waals surface area contributed by atoms with Gasteiger partial charge in [-0.3, -0.25) is 4.79 Å². The molecular formula is C15H22O2. The lowest BCUT2D eigenvalue weighted by atomic mass is 10.0. The zero-order valence-electron chi connectivity index (χ0n) is 10.4. The number of aryl methyl sites for hydroxylation is 1. The van der Waals surface area contributed by atoms with Crippen LogP contribution in [0.3, 0.4) is 0 Å². The predicted molar refractivity (Wildman–Crippen MR) is 69.9 cm³/mol. The topological polar surface area (TPSA) is 37.3 Å². The minimum Gasteiger partial charge on any atom is -0.396 e. The summed E-state index contributed by atoms with van der Waals surface area (Å²) in [6.07, 6.45) is 6.12. The molecule has 1 aromatic rings. The summed E-state index contributed by atoms with van der Waals surface area (Å²) in [5.41, 5.74) is 1.24. The molecule has 2 nitrogen and oxygen atoms in total. The molecule has 0 atom stereocenters. The van der Waals surface area contributed by atoms with Gasteiger partial charge in [-0.05, 0) is 24.8 Å². The molecule has 17 heavy (non-hydrogen) atoms. The van der Waals surface area contributed by atoms with Crippen molar-refractivity contribution in [2.75, 3.05) is 6.61 Å². The van der Waals surface area contributed by atoms with Gasteiger partial charge in [-0.25, -0.2) is 0 Å². The van der Waals surface area contributed by atoms with Crippen molar-refractivity contribution in [3.05, 3.63) is 35.9 Å². The number of unbranched alkanes of at least 4 members (excludes halogenated alkanes) is 3. The molecule has 0 fully saturated rings. The van der Waals surface area contributed by atoms with E-state index in [9.17, 15) is 4.79 Å². The third-order valence-corrected chi connectivity index (χ3v) is 2.90. The van der Waals surface area contributed by atoms with Gasteiger partial charge in [-0.1, -0.05) is 43.2 Å². The van der Waals surface area contributed by atoms with Crippen molar-refractivity contribution in [3.8, 4) is 0 Å². The van der Waals surface area contributed by atoms with Crippen LogP contribution in [0.4, 0.5) is 0 Å². The first kappa shape index (κ1) is 13.9. The van der Waals surface area contributed by atoms with Gasteiger partial charge in [0.15, 0.2) is 0 Å². The second-order valence-corrected chi connectivity index (χ2v) is 4.41. The molecule has 0 unspecified atom stereocenters. The molecule has 1 aromatic carbocycles. The van der Waals surface area contributed by atoms with E-state index >= 15 is 0 Å². The quantitative estimate of drug-likeness (QED) is 0.666. The summed E-state index contributed by atoms with van der Waals surface area (Å²) in [7, 11) is 0. The van der Waals surface area contributed by atoms with Crippen LogP contribution >= 0.6 is 0 Å². The number of ketones is 1. The fourth-order valence-corrected chi connectivity index (χ4v) is 1.84. The zero-order chi connectivity index (χ0) is 12.3. The molecule has 0 saturated carbocycles. The number of aliphatic hydroxyl groups is 1. The molecule has 94 valence electrons. The first-order valence-electron chi connectivity index (χ1n) is 6.49. The maximum atomic E-state index is 11.6. The number of rotatable bonds is 9. The molecule has 0 heterocycles. The third kappa shape index (κ3) is 6.90. The first-order valence-corrected chi connectivity index (χ1v) is 6.49. The van der Waals surface area contributed by atoms with Crippen molar-refractivity contribution in [1.82, 2.24) is 0 Å². The highest BCUT2D eigenvalue weighted by Crippen LogP contribution is 2.08. The average molecular weight is 234 g/mol. The molecule has 0 aliphatic rings. The smallest absolute Gasteiger partial charge is 0.133 e. The Hall–Kier alpha value is -1.15. The van der Waals surface area contributed by atoms with Crippen molar-refractivity contribution in [2.45, 2.75) is 44.9 Å². The van der Waals surface area contributed by atoms with Crippen LogP contribution in [-0.2, 0) is 11.2 Å². The second-order valence-electron chi connectivity index (χ2n) is 4.41. The molecule has 0 aliphatic carbocycles. The van der Waals surface area contributed by atoms with Crippen molar-refractivity contribution >= 4 is 5.78 Å². The van der Waals surface area contributed by atoms with Crippen LogP contribution in [0, 0.1) is 0 Å². The number of benzene rings is 1. The maximum Gasteiger partial charge on any atom is 0.133 e. The van der Waals surface area contributed by atoms with E-state index in [0.717, 1.165) is 32.1 Å². The van der Waals surface area contributed by atoms with Crippen molar-refractivity contribution in [2.24, 2.45) is 0 Å². The normalized spacial score (nSPS) is 10.4. The number of hydrogen-bond donors (Lipinski definition) is 1. The van der Waals surface area contributed by atoms with Gasteiger partial charge < -0.3 is 5.11 Å². The molecule has 0 amide bonds. The van der Waals surface area contributed by atoms with Crippen LogP contribution in [0.15, 0.2) is 30.3 Å². The lowest BCUT2D eigenvalue weighted by molar-refractivity contribution is -0.119. The van der Waals surface area contributed by atoms with E-state index in [2.05, 4.69) is 12.1 Å². The Morgan fingerprint density at radius 2 is 1.65 bits per heavy atom. The fraction of sp³-hybridized carbons (Fsp3) is 0.533. The van der Waals surface area contributed by atoms with Crippen molar-refractivity contribution in [3.63, 3.8) is 0 Å². The zero-order valence-corrected chi connectivity index (χ0v) is 10.4. The van der Waals surface area contributed by atoms with E-state index in [1.165, 1.54) is 5.56 Å². The molecule has 2 heteroatoms. The molecule has 0 saturated heterocycles. The molecule has 0 radical (unpaired) electrons. The summed E-state index contributed by atoms with van der Waals surface area (Å²) < 4.78 is 0. The second kappa shape index (κ2) is 8.94. The summed E-state index contributed by atoms with van der Waals surface area (Å²) in [6, 6.07) is 10.1. The summed E-state index contributed by atoms with van der Waals surface area (Å²) in [6.45, 7) is 0.266. The van der Waals surface area contributed by atoms with E-state index in [4.69, 9.17) is 5.11 Å². The van der Waals surface area contributed by atoms with E-state index in [1.54, 1.807) is 0 Å². The van der Waals surface area contributed by atoms with Gasteiger partial charge >= 0.3 is 0 Å². The Morgan fingerprint density at radius 3 is 2.35 bits per heavy atom. The van der Waals surface area contributed by atoms with Crippen LogP contribution in [0.25, 0.3) is 0 Å². The van der Waals surface area contributed by atoms with Gasteiger partial charge in [0, 0.05) is 19.4 Å². The fourth-order valence-electron chi connectivity index (χ4n) is 1.84. The summed E-state index contributed by atoms with van der Waals surface area (Å²) in [5, 5.41) is 8.62. The molecular weight excluding hydrogens is 212 g/mol. The predicted octanol–water partition coefficient (Wildman–Crippen LogP) is 3.13. The van der Waals surface area contributed by atoms with Gasteiger partial charge in [-0.15, -0.1) is 0 Å². The minimum absolute atomic E-state index is 0.266. The van der Waals surface area contributed by atoms with Gasteiger partial charge in [0.25, 0.3) is 0 Å². The van der Waals surface area contributed by atoms with E-state index in [0.29, 0.717) is 18.6 Å². The van der Waals surface area contributed by atoms with Gasteiger partial charge in [0.2, 0.25) is 0 Å². The van der Waals surface area contributed by atoms with E-state index in [1.807, 2.05) is 18.2 Å². The highest BCUT2D eigenvalue weighted by atomic mass is 16.2. The average Bonchev–Trinajstić information content (AvgIpc) is 2.37. The Bertz CT molecular complexity index is 306. The minimum atomic E-state index is 0.266. The third-order valence-electron chi connectivity index (χ3n) is 2.90. The number of carbonyl (C=O) groups is 1. The van der Waals surface area contributed by atoms with Crippen molar-refractivity contribution in [1.29, 1.82) is 0 Å². The SMILES string of the molecule is O=C(CCCCCCO)CCc1ccccc1. The largest absolute Gasteiger partial charge is 0.396 e. The molecule has 1 N–H and O–H groups in total. The number of carbonyl (C=O) groups excluding carboxylic acids is 1. The molecule has 0 bridgehead atoms. The summed E-state index contributed by atoms with van der Waals surface area (Å²) >= 11 is 0. The maximum absolute atomic E-state index is 11.6. The Labute approximate surface area is 104 Å². The van der Waals surface area contributed by atoms with Crippen molar-refractivity contribution < 1.29 is 9.90 Å². The Morgan fingerprint density at radius 1 is 0.941 bits per heavy atom. The van der Waals surface area contributed by atoms with Gasteiger partial charge in [-0.2, -0.15) is 0 Å². The molecule has 1 rings (SSSR count). The molecule has 0 aromatic heterocycles. The number of aliphatic hydroxyl groups excluding tert-OH is 1. The Kier molecular flexibility index (Phi) is 7.32.